The van der Waals surface area contributed by atoms with Crippen molar-refractivity contribution in [3.05, 3.63) is 53.3 Å². The van der Waals surface area contributed by atoms with Gasteiger partial charge in [-0.1, -0.05) is 0 Å². The number of nitrogens with zero attached hydrogens (tertiary/aromatic N) is 1. The maximum atomic E-state index is 5.51. The number of aromatic nitrogens is 1. The molecule has 0 amide bonds. The number of fused-ring (bicyclic) bond motifs is 2. The molecule has 1 aliphatic heterocycles. The normalized spacial score (nSPS) is 21.3. The molecule has 1 aromatic heterocycles. The van der Waals surface area contributed by atoms with Crippen molar-refractivity contribution in [3.8, 4) is 11.5 Å². The van der Waals surface area contributed by atoms with Gasteiger partial charge in [0.2, 0.25) is 0 Å². The first-order chi connectivity index (χ1) is 10.8. The van der Waals surface area contributed by atoms with Crippen molar-refractivity contribution >= 4 is 0 Å². The summed E-state index contributed by atoms with van der Waals surface area (Å²) in [5, 5.41) is 3.71. The van der Waals surface area contributed by atoms with E-state index < -0.39 is 0 Å². The van der Waals surface area contributed by atoms with Crippen molar-refractivity contribution in [2.24, 2.45) is 0 Å². The molecule has 0 radical (unpaired) electrons. The second-order valence-electron chi connectivity index (χ2n) is 6.17. The Labute approximate surface area is 130 Å². The predicted octanol–water partition coefficient (Wildman–Crippen LogP) is 2.82. The Balaban J connectivity index is 1.87. The summed E-state index contributed by atoms with van der Waals surface area (Å²) >= 11 is 0. The van der Waals surface area contributed by atoms with Crippen molar-refractivity contribution in [2.45, 2.75) is 24.3 Å². The van der Waals surface area contributed by atoms with Crippen LogP contribution in [0.15, 0.2) is 36.7 Å². The average molecular weight is 296 g/mol. The van der Waals surface area contributed by atoms with Gasteiger partial charge in [-0.15, -0.1) is 0 Å². The van der Waals surface area contributed by atoms with Gasteiger partial charge in [-0.25, -0.2) is 0 Å². The molecule has 4 heteroatoms. The van der Waals surface area contributed by atoms with Crippen molar-refractivity contribution in [1.82, 2.24) is 10.3 Å². The van der Waals surface area contributed by atoms with E-state index in [0.717, 1.165) is 18.0 Å². The van der Waals surface area contributed by atoms with E-state index in [2.05, 4.69) is 34.6 Å². The lowest BCUT2D eigenvalue weighted by atomic mass is 9.81. The van der Waals surface area contributed by atoms with E-state index in [4.69, 9.17) is 9.47 Å². The Morgan fingerprint density at radius 2 is 1.77 bits per heavy atom. The van der Waals surface area contributed by atoms with Crippen LogP contribution in [-0.4, -0.2) is 25.7 Å². The van der Waals surface area contributed by atoms with Crippen molar-refractivity contribution in [3.63, 3.8) is 0 Å². The van der Waals surface area contributed by atoms with Gasteiger partial charge < -0.3 is 14.8 Å². The Morgan fingerprint density at radius 3 is 2.41 bits per heavy atom. The number of hydrogen-bond donors (Lipinski definition) is 1. The number of pyridine rings is 1. The third kappa shape index (κ3) is 1.98. The summed E-state index contributed by atoms with van der Waals surface area (Å²) in [6.45, 7) is 1.02. The summed E-state index contributed by atoms with van der Waals surface area (Å²) in [6.07, 6.45) is 6.18. The molecule has 4 rings (SSSR count). The summed E-state index contributed by atoms with van der Waals surface area (Å²) in [5.74, 6) is 1.61. The summed E-state index contributed by atoms with van der Waals surface area (Å²) in [6, 6.07) is 8.64. The highest BCUT2D eigenvalue weighted by molar-refractivity contribution is 5.56. The molecule has 114 valence electrons. The number of nitrogens with one attached hydrogen (secondary N) is 1. The first-order valence-corrected chi connectivity index (χ1v) is 7.67. The molecule has 1 unspecified atom stereocenters. The van der Waals surface area contributed by atoms with Crippen LogP contribution >= 0.6 is 0 Å². The van der Waals surface area contributed by atoms with E-state index >= 15 is 0 Å². The van der Waals surface area contributed by atoms with Gasteiger partial charge in [0.15, 0.2) is 11.5 Å². The van der Waals surface area contributed by atoms with Crippen LogP contribution in [0.25, 0.3) is 0 Å². The predicted molar refractivity (Wildman–Crippen MR) is 84.5 cm³/mol. The van der Waals surface area contributed by atoms with Crippen molar-refractivity contribution in [2.75, 3.05) is 20.8 Å². The minimum atomic E-state index is 0.184. The van der Waals surface area contributed by atoms with E-state index in [1.54, 1.807) is 14.2 Å². The van der Waals surface area contributed by atoms with E-state index in [0.29, 0.717) is 5.41 Å². The molecule has 4 nitrogen and oxygen atoms in total. The zero-order valence-electron chi connectivity index (χ0n) is 12.9. The average Bonchev–Trinajstić information content (AvgIpc) is 3.35. The SMILES string of the molecule is COc1cc2c(cc1OC)C1(CC1)CNC2c1ccncc1. The smallest absolute Gasteiger partial charge is 0.161 e. The molecule has 1 N–H and O–H groups in total. The van der Waals surface area contributed by atoms with Crippen LogP contribution in [0.2, 0.25) is 0 Å². The fourth-order valence-corrected chi connectivity index (χ4v) is 3.55. The second kappa shape index (κ2) is 4.99. The highest BCUT2D eigenvalue weighted by Gasteiger charge is 2.49. The molecule has 1 aromatic carbocycles. The van der Waals surface area contributed by atoms with Gasteiger partial charge in [-0.05, 0) is 53.8 Å². The highest BCUT2D eigenvalue weighted by Crippen LogP contribution is 2.54. The third-order valence-electron chi connectivity index (χ3n) is 4.98. The number of methoxy groups -OCH3 is 2. The van der Waals surface area contributed by atoms with E-state index in [1.165, 1.54) is 29.5 Å². The Hall–Kier alpha value is -2.07. The van der Waals surface area contributed by atoms with E-state index in [1.807, 2.05) is 12.4 Å². The second-order valence-corrected chi connectivity index (χ2v) is 6.17. The van der Waals surface area contributed by atoms with Gasteiger partial charge in [0.05, 0.1) is 20.3 Å². The number of hydrogen-bond acceptors (Lipinski definition) is 4. The molecule has 0 saturated heterocycles. The minimum Gasteiger partial charge on any atom is -0.493 e. The van der Waals surface area contributed by atoms with E-state index in [9.17, 15) is 0 Å². The molecular weight excluding hydrogens is 276 g/mol. The van der Waals surface area contributed by atoms with Gasteiger partial charge in [0, 0.05) is 24.4 Å². The molecule has 1 atom stereocenters. The molecule has 2 aromatic rings. The third-order valence-corrected chi connectivity index (χ3v) is 4.98. The largest absolute Gasteiger partial charge is 0.493 e. The molecular formula is C18H20N2O2. The van der Waals surface area contributed by atoms with Gasteiger partial charge in [-0.3, -0.25) is 4.98 Å². The zero-order valence-corrected chi connectivity index (χ0v) is 12.9. The molecule has 0 bridgehead atoms. The van der Waals surface area contributed by atoms with Crippen molar-refractivity contribution in [1.29, 1.82) is 0 Å². The molecule has 2 heterocycles. The van der Waals surface area contributed by atoms with Gasteiger partial charge in [0.25, 0.3) is 0 Å². The lowest BCUT2D eigenvalue weighted by molar-refractivity contribution is 0.351. The summed E-state index contributed by atoms with van der Waals surface area (Å²) in [7, 11) is 3.39. The fraction of sp³-hybridized carbons (Fsp3) is 0.389. The summed E-state index contributed by atoms with van der Waals surface area (Å²) in [4.78, 5) is 4.13. The highest BCUT2D eigenvalue weighted by atomic mass is 16.5. The van der Waals surface area contributed by atoms with Crippen LogP contribution in [0, 0.1) is 0 Å². The van der Waals surface area contributed by atoms with Crippen LogP contribution in [0.5, 0.6) is 11.5 Å². The van der Waals surface area contributed by atoms with Crippen LogP contribution in [0.4, 0.5) is 0 Å². The van der Waals surface area contributed by atoms with Gasteiger partial charge >= 0.3 is 0 Å². The molecule has 1 aliphatic carbocycles. The number of ether oxygens (including phenoxy) is 2. The Kier molecular flexibility index (Phi) is 3.08. The number of rotatable bonds is 3. The van der Waals surface area contributed by atoms with Gasteiger partial charge in [-0.2, -0.15) is 0 Å². The van der Waals surface area contributed by atoms with Crippen molar-refractivity contribution < 1.29 is 9.47 Å². The van der Waals surface area contributed by atoms with E-state index in [-0.39, 0.29) is 6.04 Å². The lowest BCUT2D eigenvalue weighted by Gasteiger charge is -2.34. The molecule has 1 fully saturated rings. The fourth-order valence-electron chi connectivity index (χ4n) is 3.55. The summed E-state index contributed by atoms with van der Waals surface area (Å²) < 4.78 is 11.0. The standard InChI is InChI=1S/C18H20N2O2/c1-21-15-9-13-14(10-16(15)22-2)18(5-6-18)11-20-17(13)12-3-7-19-8-4-12/h3-4,7-10,17,20H,5-6,11H2,1-2H3. The monoisotopic (exact) mass is 296 g/mol. The molecule has 22 heavy (non-hydrogen) atoms. The van der Waals surface area contributed by atoms with Crippen LogP contribution in [0.3, 0.4) is 0 Å². The number of benzene rings is 1. The topological polar surface area (TPSA) is 43.4 Å². The summed E-state index contributed by atoms with van der Waals surface area (Å²) in [5.41, 5.74) is 4.23. The Morgan fingerprint density at radius 1 is 1.09 bits per heavy atom. The Bertz CT molecular complexity index is 696. The molecule has 2 aliphatic rings. The molecule has 1 saturated carbocycles. The lowest BCUT2D eigenvalue weighted by Crippen LogP contribution is -2.38. The quantitative estimate of drug-likeness (QED) is 0.946. The minimum absolute atomic E-state index is 0.184. The first kappa shape index (κ1) is 13.6. The van der Waals surface area contributed by atoms with Crippen LogP contribution in [0.1, 0.15) is 35.6 Å². The van der Waals surface area contributed by atoms with Crippen LogP contribution < -0.4 is 14.8 Å². The maximum Gasteiger partial charge on any atom is 0.161 e. The van der Waals surface area contributed by atoms with Gasteiger partial charge in [0.1, 0.15) is 0 Å². The van der Waals surface area contributed by atoms with Crippen LogP contribution in [-0.2, 0) is 5.41 Å². The maximum absolute atomic E-state index is 5.51. The molecule has 1 spiro atoms. The first-order valence-electron chi connectivity index (χ1n) is 7.67. The zero-order chi connectivity index (χ0) is 15.2.